The maximum atomic E-state index is 11.7. The van der Waals surface area contributed by atoms with Gasteiger partial charge in [0.1, 0.15) is 5.76 Å². The number of benzene rings is 1. The Bertz CT molecular complexity index is 755. The lowest BCUT2D eigenvalue weighted by molar-refractivity contribution is -0.126. The predicted molar refractivity (Wildman–Crippen MR) is 102 cm³/mol. The fraction of sp³-hybridized carbons (Fsp3) is 0.250. The average molecular weight is 369 g/mol. The number of hydrogen-bond donors (Lipinski definition) is 3. The molecule has 0 fully saturated rings. The first-order valence-electron chi connectivity index (χ1n) is 8.70. The van der Waals surface area contributed by atoms with Crippen LogP contribution >= 0.6 is 0 Å². The van der Waals surface area contributed by atoms with Gasteiger partial charge in [0.25, 0.3) is 0 Å². The van der Waals surface area contributed by atoms with Crippen molar-refractivity contribution in [3.63, 3.8) is 0 Å². The normalized spacial score (nSPS) is 10.5. The molecule has 0 aliphatic rings. The fourth-order valence-electron chi connectivity index (χ4n) is 2.22. The molecule has 3 amide bonds. The summed E-state index contributed by atoms with van der Waals surface area (Å²) in [6, 6.07) is 13.3. The van der Waals surface area contributed by atoms with E-state index in [9.17, 15) is 14.4 Å². The highest BCUT2D eigenvalue weighted by molar-refractivity contribution is 5.91. The summed E-state index contributed by atoms with van der Waals surface area (Å²) in [6.07, 6.45) is 5.21. The van der Waals surface area contributed by atoms with Gasteiger partial charge in [0.15, 0.2) is 0 Å². The molecular weight excluding hydrogens is 346 g/mol. The van der Waals surface area contributed by atoms with Gasteiger partial charge in [-0.15, -0.1) is 0 Å². The molecule has 0 bridgehead atoms. The van der Waals surface area contributed by atoms with Crippen molar-refractivity contribution in [1.29, 1.82) is 0 Å². The number of carbonyl (C=O) groups is 3. The van der Waals surface area contributed by atoms with E-state index in [2.05, 4.69) is 16.0 Å². The van der Waals surface area contributed by atoms with Crippen LogP contribution in [0.5, 0.6) is 0 Å². The highest BCUT2D eigenvalue weighted by Crippen LogP contribution is 2.01. The Hall–Kier alpha value is -3.35. The molecular formula is C20H23N3O4. The highest BCUT2D eigenvalue weighted by atomic mass is 16.3. The smallest absolute Gasteiger partial charge is 0.244 e. The lowest BCUT2D eigenvalue weighted by Crippen LogP contribution is -2.38. The van der Waals surface area contributed by atoms with Gasteiger partial charge in [-0.05, 0) is 30.2 Å². The van der Waals surface area contributed by atoms with Crippen LogP contribution in [0.15, 0.2) is 59.2 Å². The quantitative estimate of drug-likeness (QED) is 0.549. The first-order valence-corrected chi connectivity index (χ1v) is 8.70. The molecule has 0 aliphatic heterocycles. The van der Waals surface area contributed by atoms with E-state index in [4.69, 9.17) is 4.42 Å². The first kappa shape index (κ1) is 20.0. The third-order valence-electron chi connectivity index (χ3n) is 3.62. The molecule has 7 heteroatoms. The van der Waals surface area contributed by atoms with Gasteiger partial charge in [0.2, 0.25) is 17.7 Å². The molecule has 1 aromatic heterocycles. The highest BCUT2D eigenvalue weighted by Gasteiger charge is 2.06. The Morgan fingerprint density at radius 3 is 2.44 bits per heavy atom. The van der Waals surface area contributed by atoms with Crippen LogP contribution in [-0.4, -0.2) is 37.4 Å². The lowest BCUT2D eigenvalue weighted by Gasteiger charge is -2.07. The summed E-state index contributed by atoms with van der Waals surface area (Å²) in [4.78, 5) is 35.0. The fourth-order valence-corrected chi connectivity index (χ4v) is 2.22. The maximum Gasteiger partial charge on any atom is 0.244 e. The van der Waals surface area contributed by atoms with Crippen LogP contribution in [0.25, 0.3) is 6.08 Å². The van der Waals surface area contributed by atoms with Crippen molar-refractivity contribution in [2.75, 3.05) is 19.6 Å². The van der Waals surface area contributed by atoms with E-state index in [1.165, 1.54) is 18.4 Å². The minimum Gasteiger partial charge on any atom is -0.465 e. The number of hydrogen-bond acceptors (Lipinski definition) is 4. The predicted octanol–water partition coefficient (Wildman–Crippen LogP) is 1.27. The van der Waals surface area contributed by atoms with E-state index in [0.717, 1.165) is 12.0 Å². The van der Waals surface area contributed by atoms with Gasteiger partial charge in [0, 0.05) is 25.6 Å². The summed E-state index contributed by atoms with van der Waals surface area (Å²) in [5, 5.41) is 7.86. The standard InChI is InChI=1S/C20H23N3O4/c24-18(9-8-17-7-4-14-27-17)21-13-11-19(25)23-15-20(26)22-12-10-16-5-2-1-3-6-16/h1-9,14H,10-13,15H2,(H,21,24)(H,22,26)(H,23,25)/b9-8+. The van der Waals surface area contributed by atoms with E-state index in [1.807, 2.05) is 30.3 Å². The zero-order chi connectivity index (χ0) is 19.3. The second-order valence-electron chi connectivity index (χ2n) is 5.75. The van der Waals surface area contributed by atoms with E-state index in [1.54, 1.807) is 12.1 Å². The average Bonchev–Trinajstić information content (AvgIpc) is 3.19. The van der Waals surface area contributed by atoms with Crippen molar-refractivity contribution < 1.29 is 18.8 Å². The molecule has 0 saturated carbocycles. The van der Waals surface area contributed by atoms with Crippen molar-refractivity contribution in [1.82, 2.24) is 16.0 Å². The van der Waals surface area contributed by atoms with Gasteiger partial charge in [0.05, 0.1) is 12.8 Å². The molecule has 0 unspecified atom stereocenters. The Morgan fingerprint density at radius 2 is 1.70 bits per heavy atom. The van der Waals surface area contributed by atoms with Gasteiger partial charge in [-0.3, -0.25) is 14.4 Å². The zero-order valence-corrected chi connectivity index (χ0v) is 14.9. The topological polar surface area (TPSA) is 100 Å². The monoisotopic (exact) mass is 369 g/mol. The summed E-state index contributed by atoms with van der Waals surface area (Å²) < 4.78 is 5.07. The Balaban J connectivity index is 1.52. The number of rotatable bonds is 10. The molecule has 0 aliphatic carbocycles. The van der Waals surface area contributed by atoms with Crippen molar-refractivity contribution in [3.05, 3.63) is 66.1 Å². The number of amides is 3. The summed E-state index contributed by atoms with van der Waals surface area (Å²) in [7, 11) is 0. The summed E-state index contributed by atoms with van der Waals surface area (Å²) >= 11 is 0. The van der Waals surface area contributed by atoms with Crippen LogP contribution in [0.3, 0.4) is 0 Å². The molecule has 27 heavy (non-hydrogen) atoms. The third kappa shape index (κ3) is 8.53. The summed E-state index contributed by atoms with van der Waals surface area (Å²) in [5.74, 6) is -0.299. The molecule has 3 N–H and O–H groups in total. The van der Waals surface area contributed by atoms with Gasteiger partial charge in [-0.2, -0.15) is 0 Å². The molecule has 0 saturated heterocycles. The molecule has 0 radical (unpaired) electrons. The van der Waals surface area contributed by atoms with Crippen molar-refractivity contribution in [2.45, 2.75) is 12.8 Å². The van der Waals surface area contributed by atoms with Crippen LogP contribution in [0.2, 0.25) is 0 Å². The van der Waals surface area contributed by atoms with E-state index < -0.39 is 0 Å². The van der Waals surface area contributed by atoms with Crippen molar-refractivity contribution in [3.8, 4) is 0 Å². The SMILES string of the molecule is O=C(/C=C/c1ccco1)NCCC(=O)NCC(=O)NCCc1ccccc1. The third-order valence-corrected chi connectivity index (χ3v) is 3.62. The number of furan rings is 1. The Kier molecular flexibility index (Phi) is 8.36. The van der Waals surface area contributed by atoms with Gasteiger partial charge in [-0.25, -0.2) is 0 Å². The first-order chi connectivity index (χ1) is 13.1. The molecule has 2 rings (SSSR count). The van der Waals surface area contributed by atoms with Crippen LogP contribution in [0.4, 0.5) is 0 Å². The van der Waals surface area contributed by atoms with Crippen LogP contribution < -0.4 is 16.0 Å². The molecule has 1 heterocycles. The number of carbonyl (C=O) groups excluding carboxylic acids is 3. The lowest BCUT2D eigenvalue weighted by atomic mass is 10.1. The summed E-state index contributed by atoms with van der Waals surface area (Å²) in [6.45, 7) is 0.611. The largest absolute Gasteiger partial charge is 0.465 e. The molecule has 0 atom stereocenters. The molecule has 1 aromatic carbocycles. The second kappa shape index (κ2) is 11.3. The minimum absolute atomic E-state index is 0.0834. The van der Waals surface area contributed by atoms with Crippen LogP contribution in [0, 0.1) is 0 Å². The van der Waals surface area contributed by atoms with E-state index in [0.29, 0.717) is 12.3 Å². The second-order valence-corrected chi connectivity index (χ2v) is 5.75. The molecule has 7 nitrogen and oxygen atoms in total. The molecule has 0 spiro atoms. The zero-order valence-electron chi connectivity index (χ0n) is 14.9. The Labute approximate surface area is 157 Å². The molecule has 2 aromatic rings. The van der Waals surface area contributed by atoms with Gasteiger partial charge in [-0.1, -0.05) is 30.3 Å². The van der Waals surface area contributed by atoms with E-state index in [-0.39, 0.29) is 37.2 Å². The summed E-state index contributed by atoms with van der Waals surface area (Å²) in [5.41, 5.74) is 1.14. The minimum atomic E-state index is -0.321. The van der Waals surface area contributed by atoms with Crippen molar-refractivity contribution >= 4 is 23.8 Å². The van der Waals surface area contributed by atoms with Crippen LogP contribution in [-0.2, 0) is 20.8 Å². The van der Waals surface area contributed by atoms with Crippen molar-refractivity contribution in [2.24, 2.45) is 0 Å². The number of nitrogens with one attached hydrogen (secondary N) is 3. The van der Waals surface area contributed by atoms with Gasteiger partial charge >= 0.3 is 0 Å². The maximum absolute atomic E-state index is 11.7. The molecule has 142 valence electrons. The van der Waals surface area contributed by atoms with Crippen LogP contribution in [0.1, 0.15) is 17.7 Å². The Morgan fingerprint density at radius 1 is 0.889 bits per heavy atom. The van der Waals surface area contributed by atoms with Gasteiger partial charge < -0.3 is 20.4 Å². The van der Waals surface area contributed by atoms with E-state index >= 15 is 0 Å².